The molecule has 3 heterocycles. The molecule has 2 amide bonds. The minimum atomic E-state index is -0.176. The van der Waals surface area contributed by atoms with E-state index in [4.69, 9.17) is 11.6 Å². The Hall–Kier alpha value is -2.28. The minimum Gasteiger partial charge on any atom is -0.353 e. The molecular weight excluding hydrogens is 328 g/mol. The third kappa shape index (κ3) is 3.79. The molecule has 0 bridgehead atoms. The van der Waals surface area contributed by atoms with Crippen molar-refractivity contribution in [3.05, 3.63) is 41.3 Å². The van der Waals surface area contributed by atoms with E-state index in [1.54, 1.807) is 17.1 Å². The van der Waals surface area contributed by atoms with Crippen LogP contribution in [0, 0.1) is 0 Å². The smallest absolute Gasteiger partial charge is 0.315 e. The van der Waals surface area contributed by atoms with Crippen molar-refractivity contribution in [3.63, 3.8) is 0 Å². The van der Waals surface area contributed by atoms with Crippen LogP contribution >= 0.6 is 11.6 Å². The first-order chi connectivity index (χ1) is 11.5. The quantitative estimate of drug-likeness (QED) is 0.887. The van der Waals surface area contributed by atoms with Crippen molar-refractivity contribution in [1.82, 2.24) is 25.4 Å². The second-order valence-corrected chi connectivity index (χ2v) is 6.43. The van der Waals surface area contributed by atoms with Crippen molar-refractivity contribution in [1.29, 1.82) is 0 Å². The molecule has 2 N–H and O–H groups in total. The van der Waals surface area contributed by atoms with Gasteiger partial charge in [-0.2, -0.15) is 5.10 Å². The summed E-state index contributed by atoms with van der Waals surface area (Å²) in [5, 5.41) is 10.7. The molecule has 2 aromatic rings. The molecule has 0 saturated carbocycles. The van der Waals surface area contributed by atoms with Crippen LogP contribution in [0.15, 0.2) is 30.7 Å². The van der Waals surface area contributed by atoms with Gasteiger partial charge in [0.1, 0.15) is 5.82 Å². The first-order valence-corrected chi connectivity index (χ1v) is 8.32. The fraction of sp³-hybridized carbons (Fsp3) is 0.438. The van der Waals surface area contributed by atoms with E-state index in [9.17, 15) is 4.79 Å². The number of aromatic nitrogens is 3. The number of rotatable bonds is 4. The predicted molar refractivity (Wildman–Crippen MR) is 93.2 cm³/mol. The van der Waals surface area contributed by atoms with Crippen molar-refractivity contribution >= 4 is 23.4 Å². The van der Waals surface area contributed by atoms with Crippen LogP contribution in [0.25, 0.3) is 0 Å². The molecule has 0 spiro atoms. The molecule has 1 aliphatic rings. The van der Waals surface area contributed by atoms with Gasteiger partial charge < -0.3 is 15.5 Å². The van der Waals surface area contributed by atoms with Crippen LogP contribution in [0.4, 0.5) is 10.6 Å². The highest BCUT2D eigenvalue weighted by molar-refractivity contribution is 6.32. The molecule has 2 aromatic heterocycles. The van der Waals surface area contributed by atoms with Gasteiger partial charge in [-0.25, -0.2) is 9.78 Å². The summed E-state index contributed by atoms with van der Waals surface area (Å²) >= 11 is 6.18. The molecule has 0 aliphatic carbocycles. The Bertz CT molecular complexity index is 718. The van der Waals surface area contributed by atoms with Crippen molar-refractivity contribution in [2.75, 3.05) is 18.0 Å². The van der Waals surface area contributed by atoms with E-state index in [2.05, 4.69) is 25.6 Å². The lowest BCUT2D eigenvalue weighted by molar-refractivity contribution is 0.235. The Morgan fingerprint density at radius 2 is 2.33 bits per heavy atom. The monoisotopic (exact) mass is 348 g/mol. The SMILES string of the molecule is C[C@H](NC(=O)N[C@@H]1CCN(c2ncccc2Cl)C1)c1cnn(C)c1. The van der Waals surface area contributed by atoms with Crippen LogP contribution in [-0.4, -0.2) is 39.9 Å². The van der Waals surface area contributed by atoms with E-state index in [0.29, 0.717) is 11.6 Å². The predicted octanol–water partition coefficient (Wildman–Crippen LogP) is 2.11. The maximum Gasteiger partial charge on any atom is 0.315 e. The summed E-state index contributed by atoms with van der Waals surface area (Å²) in [5.74, 6) is 0.771. The van der Waals surface area contributed by atoms with Gasteiger partial charge in [0.05, 0.1) is 17.3 Å². The summed E-state index contributed by atoms with van der Waals surface area (Å²) in [5.41, 5.74) is 0.973. The molecule has 1 aliphatic heterocycles. The summed E-state index contributed by atoms with van der Waals surface area (Å²) in [6, 6.07) is 3.44. The second kappa shape index (κ2) is 7.09. The Morgan fingerprint density at radius 3 is 3.04 bits per heavy atom. The fourth-order valence-electron chi connectivity index (χ4n) is 2.85. The molecule has 0 aromatic carbocycles. The van der Waals surface area contributed by atoms with Crippen LogP contribution in [0.3, 0.4) is 0 Å². The topological polar surface area (TPSA) is 75.1 Å². The number of carbonyl (C=O) groups excluding carboxylic acids is 1. The number of aryl methyl sites for hydroxylation is 1. The first kappa shape index (κ1) is 16.6. The van der Waals surface area contributed by atoms with Gasteiger partial charge in [-0.15, -0.1) is 0 Å². The van der Waals surface area contributed by atoms with Crippen LogP contribution < -0.4 is 15.5 Å². The maximum atomic E-state index is 12.2. The fourth-order valence-corrected chi connectivity index (χ4v) is 3.09. The lowest BCUT2D eigenvalue weighted by Gasteiger charge is -2.20. The average Bonchev–Trinajstić information content (AvgIpc) is 3.17. The van der Waals surface area contributed by atoms with E-state index in [0.717, 1.165) is 24.3 Å². The summed E-state index contributed by atoms with van der Waals surface area (Å²) in [6.45, 7) is 3.45. The third-order valence-corrected chi connectivity index (χ3v) is 4.43. The van der Waals surface area contributed by atoms with Gasteiger partial charge in [-0.1, -0.05) is 11.6 Å². The lowest BCUT2D eigenvalue weighted by atomic mass is 10.2. The molecule has 0 unspecified atom stereocenters. The van der Waals surface area contributed by atoms with Gasteiger partial charge >= 0.3 is 6.03 Å². The Kier molecular flexibility index (Phi) is 4.89. The number of amides is 2. The van der Waals surface area contributed by atoms with Crippen molar-refractivity contribution in [2.45, 2.75) is 25.4 Å². The van der Waals surface area contributed by atoms with Gasteiger partial charge in [0, 0.05) is 44.1 Å². The number of halogens is 1. The third-order valence-electron chi connectivity index (χ3n) is 4.13. The Labute approximate surface area is 146 Å². The molecular formula is C16H21ClN6O. The highest BCUT2D eigenvalue weighted by atomic mass is 35.5. The number of pyridine rings is 1. The van der Waals surface area contributed by atoms with Crippen molar-refractivity contribution in [2.24, 2.45) is 7.05 Å². The average molecular weight is 349 g/mol. The summed E-state index contributed by atoms with van der Waals surface area (Å²) < 4.78 is 1.72. The van der Waals surface area contributed by atoms with E-state index in [1.807, 2.05) is 32.3 Å². The first-order valence-electron chi connectivity index (χ1n) is 7.94. The number of hydrogen-bond acceptors (Lipinski definition) is 4. The number of nitrogens with one attached hydrogen (secondary N) is 2. The van der Waals surface area contributed by atoms with E-state index in [1.165, 1.54) is 0 Å². The molecule has 1 fully saturated rings. The minimum absolute atomic E-state index is 0.0733. The Morgan fingerprint density at radius 1 is 1.50 bits per heavy atom. The second-order valence-electron chi connectivity index (χ2n) is 6.03. The zero-order valence-corrected chi connectivity index (χ0v) is 14.5. The number of urea groups is 1. The van der Waals surface area contributed by atoms with Gasteiger partial charge in [-0.05, 0) is 25.5 Å². The van der Waals surface area contributed by atoms with Gasteiger partial charge in [0.2, 0.25) is 0 Å². The molecule has 8 heteroatoms. The standard InChI is InChI=1S/C16H21ClN6O/c1-11(12-8-19-22(2)9-12)20-16(24)21-13-5-7-23(10-13)15-14(17)4-3-6-18-15/h3-4,6,8-9,11,13H,5,7,10H2,1-2H3,(H2,20,21,24)/t11-,13+/m0/s1. The number of carbonyl (C=O) groups is 1. The molecule has 2 atom stereocenters. The molecule has 24 heavy (non-hydrogen) atoms. The zero-order valence-electron chi connectivity index (χ0n) is 13.7. The zero-order chi connectivity index (χ0) is 17.1. The lowest BCUT2D eigenvalue weighted by Crippen LogP contribution is -2.44. The molecule has 128 valence electrons. The maximum absolute atomic E-state index is 12.2. The van der Waals surface area contributed by atoms with Gasteiger partial charge in [-0.3, -0.25) is 4.68 Å². The van der Waals surface area contributed by atoms with E-state index in [-0.39, 0.29) is 18.1 Å². The van der Waals surface area contributed by atoms with E-state index < -0.39 is 0 Å². The van der Waals surface area contributed by atoms with Gasteiger partial charge in [0.15, 0.2) is 0 Å². The van der Waals surface area contributed by atoms with Crippen LogP contribution in [0.1, 0.15) is 24.9 Å². The number of anilines is 1. The highest BCUT2D eigenvalue weighted by Crippen LogP contribution is 2.25. The summed E-state index contributed by atoms with van der Waals surface area (Å²) in [4.78, 5) is 18.6. The largest absolute Gasteiger partial charge is 0.353 e. The molecule has 0 radical (unpaired) electrons. The van der Waals surface area contributed by atoms with Gasteiger partial charge in [0.25, 0.3) is 0 Å². The van der Waals surface area contributed by atoms with Crippen LogP contribution in [0.2, 0.25) is 5.02 Å². The molecule has 7 nitrogen and oxygen atoms in total. The highest BCUT2D eigenvalue weighted by Gasteiger charge is 2.26. The molecule has 1 saturated heterocycles. The van der Waals surface area contributed by atoms with Crippen molar-refractivity contribution in [3.8, 4) is 0 Å². The number of nitrogens with zero attached hydrogens (tertiary/aromatic N) is 4. The number of hydrogen-bond donors (Lipinski definition) is 2. The summed E-state index contributed by atoms with van der Waals surface area (Å²) in [6.07, 6.45) is 6.24. The summed E-state index contributed by atoms with van der Waals surface area (Å²) in [7, 11) is 1.85. The molecule has 3 rings (SSSR count). The van der Waals surface area contributed by atoms with E-state index >= 15 is 0 Å². The van der Waals surface area contributed by atoms with Crippen molar-refractivity contribution < 1.29 is 4.79 Å². The van der Waals surface area contributed by atoms with Crippen LogP contribution in [0.5, 0.6) is 0 Å². The normalized spacial score (nSPS) is 18.5. The Balaban J connectivity index is 1.52. The van der Waals surface area contributed by atoms with Crippen LogP contribution in [-0.2, 0) is 7.05 Å².